The number of hydrogen-bond donors (Lipinski definition) is 0. The molecule has 1 heteroatoms. The van der Waals surface area contributed by atoms with Crippen molar-refractivity contribution in [2.75, 3.05) is 0 Å². The average molecular weight is 434 g/mol. The minimum atomic E-state index is 0.676. The molecule has 2 aromatic rings. The van der Waals surface area contributed by atoms with Gasteiger partial charge in [-0.3, -0.25) is 4.98 Å². The van der Waals surface area contributed by atoms with Crippen LogP contribution < -0.4 is 0 Å². The Labute approximate surface area is 198 Å². The zero-order valence-electron chi connectivity index (χ0n) is 21.0. The van der Waals surface area contributed by atoms with Gasteiger partial charge >= 0.3 is 0 Å². The maximum atomic E-state index is 4.90. The Balaban J connectivity index is 1.40. The molecule has 0 bridgehead atoms. The van der Waals surface area contributed by atoms with E-state index in [4.69, 9.17) is 4.98 Å². The van der Waals surface area contributed by atoms with Gasteiger partial charge in [0, 0.05) is 23.4 Å². The smallest absolute Gasteiger partial charge is 0.0434 e. The summed E-state index contributed by atoms with van der Waals surface area (Å²) < 4.78 is 0. The Morgan fingerprint density at radius 2 is 1.28 bits per heavy atom. The molecule has 0 atom stereocenters. The number of aryl methyl sites for hydroxylation is 1. The van der Waals surface area contributed by atoms with E-state index in [0.717, 1.165) is 5.92 Å². The molecule has 0 amide bonds. The molecule has 1 heterocycles. The number of pyridine rings is 1. The molecule has 1 saturated carbocycles. The van der Waals surface area contributed by atoms with Gasteiger partial charge in [0.15, 0.2) is 0 Å². The second-order valence-corrected chi connectivity index (χ2v) is 10.3. The largest absolute Gasteiger partial charge is 0.260 e. The minimum absolute atomic E-state index is 0.676. The van der Waals surface area contributed by atoms with Crippen LogP contribution in [0.15, 0.2) is 42.6 Å². The normalized spacial score (nSPS) is 18.7. The van der Waals surface area contributed by atoms with Crippen molar-refractivity contribution >= 4 is 0 Å². The molecule has 32 heavy (non-hydrogen) atoms. The molecule has 1 nitrogen and oxygen atoms in total. The standard InChI is InChI=1S/C31H47N/c1-3-5-7-9-10-12-14-27-17-21-29(22-18-27)31-24-23-30(25-32-31)28-19-15-26(16-20-28)13-11-8-6-4-2/h15-16,19-20,23-25,27,29H,3-14,17-18,21-22H2,1-2H3. The molecule has 0 unspecified atom stereocenters. The van der Waals surface area contributed by atoms with Crippen molar-refractivity contribution < 1.29 is 0 Å². The van der Waals surface area contributed by atoms with Crippen molar-refractivity contribution in [1.82, 2.24) is 4.98 Å². The van der Waals surface area contributed by atoms with Gasteiger partial charge < -0.3 is 0 Å². The summed E-state index contributed by atoms with van der Waals surface area (Å²) in [4.78, 5) is 4.90. The molecule has 0 saturated heterocycles. The zero-order valence-corrected chi connectivity index (χ0v) is 21.0. The van der Waals surface area contributed by atoms with Gasteiger partial charge in [-0.2, -0.15) is 0 Å². The molecular weight excluding hydrogens is 386 g/mol. The number of rotatable bonds is 14. The fraction of sp³-hybridized carbons (Fsp3) is 0.645. The van der Waals surface area contributed by atoms with Gasteiger partial charge in [0.1, 0.15) is 0 Å². The lowest BCUT2D eigenvalue weighted by Crippen LogP contribution is -2.14. The van der Waals surface area contributed by atoms with Crippen LogP contribution in [0.1, 0.15) is 127 Å². The molecule has 1 fully saturated rings. The molecular formula is C31H47N. The molecule has 1 aromatic heterocycles. The Bertz CT molecular complexity index is 722. The van der Waals surface area contributed by atoms with Crippen LogP contribution in [0.2, 0.25) is 0 Å². The van der Waals surface area contributed by atoms with E-state index in [0.29, 0.717) is 5.92 Å². The fourth-order valence-electron chi connectivity index (χ4n) is 5.40. The molecule has 176 valence electrons. The second-order valence-electron chi connectivity index (χ2n) is 10.3. The predicted octanol–water partition coefficient (Wildman–Crippen LogP) is 9.90. The van der Waals surface area contributed by atoms with Gasteiger partial charge in [0.25, 0.3) is 0 Å². The Morgan fingerprint density at radius 3 is 1.94 bits per heavy atom. The van der Waals surface area contributed by atoms with E-state index in [1.807, 2.05) is 0 Å². The lowest BCUT2D eigenvalue weighted by Gasteiger charge is -2.28. The van der Waals surface area contributed by atoms with Crippen molar-refractivity contribution in [1.29, 1.82) is 0 Å². The Morgan fingerprint density at radius 1 is 0.656 bits per heavy atom. The number of hydrogen-bond acceptors (Lipinski definition) is 1. The first-order chi connectivity index (χ1) is 15.8. The highest BCUT2D eigenvalue weighted by Gasteiger charge is 2.22. The quantitative estimate of drug-likeness (QED) is 0.270. The highest BCUT2D eigenvalue weighted by atomic mass is 14.7. The van der Waals surface area contributed by atoms with Crippen molar-refractivity contribution in [2.45, 2.75) is 122 Å². The number of aromatic nitrogens is 1. The summed E-state index contributed by atoms with van der Waals surface area (Å²) in [6.45, 7) is 4.57. The van der Waals surface area contributed by atoms with E-state index in [1.165, 1.54) is 125 Å². The summed E-state index contributed by atoms with van der Waals surface area (Å²) in [6.07, 6.45) is 24.1. The molecule has 0 spiro atoms. The lowest BCUT2D eigenvalue weighted by molar-refractivity contribution is 0.299. The van der Waals surface area contributed by atoms with Crippen molar-refractivity contribution in [2.24, 2.45) is 5.92 Å². The van der Waals surface area contributed by atoms with Crippen LogP contribution in [-0.2, 0) is 6.42 Å². The van der Waals surface area contributed by atoms with Crippen LogP contribution in [0.5, 0.6) is 0 Å². The van der Waals surface area contributed by atoms with Gasteiger partial charge in [-0.1, -0.05) is 108 Å². The second kappa shape index (κ2) is 14.5. The van der Waals surface area contributed by atoms with E-state index < -0.39 is 0 Å². The van der Waals surface area contributed by atoms with Gasteiger partial charge in [0.2, 0.25) is 0 Å². The highest BCUT2D eigenvalue weighted by Crippen LogP contribution is 2.37. The van der Waals surface area contributed by atoms with E-state index in [2.05, 4.69) is 56.4 Å². The van der Waals surface area contributed by atoms with E-state index in [1.54, 1.807) is 0 Å². The Kier molecular flexibility index (Phi) is 11.3. The third-order valence-electron chi connectivity index (χ3n) is 7.62. The maximum absolute atomic E-state index is 4.90. The zero-order chi connectivity index (χ0) is 22.4. The monoisotopic (exact) mass is 433 g/mol. The number of unbranched alkanes of at least 4 members (excludes halogenated alkanes) is 8. The average Bonchev–Trinajstić information content (AvgIpc) is 2.85. The third-order valence-corrected chi connectivity index (χ3v) is 7.62. The molecule has 1 aromatic carbocycles. The van der Waals surface area contributed by atoms with E-state index in [-0.39, 0.29) is 0 Å². The summed E-state index contributed by atoms with van der Waals surface area (Å²) in [5.74, 6) is 1.65. The first-order valence-corrected chi connectivity index (χ1v) is 13.9. The van der Waals surface area contributed by atoms with Gasteiger partial charge in [-0.15, -0.1) is 0 Å². The summed E-state index contributed by atoms with van der Waals surface area (Å²) >= 11 is 0. The van der Waals surface area contributed by atoms with Gasteiger partial charge in [0.05, 0.1) is 0 Å². The molecule has 0 radical (unpaired) electrons. The molecule has 0 N–H and O–H groups in total. The molecule has 0 aliphatic heterocycles. The van der Waals surface area contributed by atoms with Crippen LogP contribution in [0.25, 0.3) is 11.1 Å². The molecule has 3 rings (SSSR count). The lowest BCUT2D eigenvalue weighted by atomic mass is 9.78. The van der Waals surface area contributed by atoms with Crippen LogP contribution in [0.3, 0.4) is 0 Å². The SMILES string of the molecule is CCCCCCCCC1CCC(c2ccc(-c3ccc(CCCCCC)cc3)cn2)CC1. The van der Waals surface area contributed by atoms with E-state index in [9.17, 15) is 0 Å². The fourth-order valence-corrected chi connectivity index (χ4v) is 5.40. The van der Waals surface area contributed by atoms with Crippen LogP contribution in [-0.4, -0.2) is 4.98 Å². The van der Waals surface area contributed by atoms with Crippen LogP contribution in [0, 0.1) is 5.92 Å². The highest BCUT2D eigenvalue weighted by molar-refractivity contribution is 5.62. The van der Waals surface area contributed by atoms with Gasteiger partial charge in [-0.25, -0.2) is 0 Å². The maximum Gasteiger partial charge on any atom is 0.0434 e. The van der Waals surface area contributed by atoms with Crippen LogP contribution in [0.4, 0.5) is 0 Å². The number of nitrogens with zero attached hydrogens (tertiary/aromatic N) is 1. The minimum Gasteiger partial charge on any atom is -0.260 e. The van der Waals surface area contributed by atoms with Crippen molar-refractivity contribution in [3.05, 3.63) is 53.9 Å². The summed E-state index contributed by atoms with van der Waals surface area (Å²) in [5, 5.41) is 0. The molecule has 1 aliphatic carbocycles. The van der Waals surface area contributed by atoms with Crippen molar-refractivity contribution in [3.8, 4) is 11.1 Å². The first-order valence-electron chi connectivity index (χ1n) is 13.9. The van der Waals surface area contributed by atoms with Gasteiger partial charge in [-0.05, 0) is 61.6 Å². The van der Waals surface area contributed by atoms with Crippen LogP contribution >= 0.6 is 0 Å². The van der Waals surface area contributed by atoms with E-state index >= 15 is 0 Å². The number of benzene rings is 1. The van der Waals surface area contributed by atoms with Crippen molar-refractivity contribution in [3.63, 3.8) is 0 Å². The summed E-state index contributed by atoms with van der Waals surface area (Å²) in [6, 6.07) is 13.8. The topological polar surface area (TPSA) is 12.9 Å². The third kappa shape index (κ3) is 8.38. The Hall–Kier alpha value is -1.63. The molecule has 1 aliphatic rings. The summed E-state index contributed by atoms with van der Waals surface area (Å²) in [5.41, 5.74) is 5.33. The predicted molar refractivity (Wildman–Crippen MR) is 140 cm³/mol. The first kappa shape index (κ1) is 25.0. The summed E-state index contributed by atoms with van der Waals surface area (Å²) in [7, 11) is 0.